The van der Waals surface area contributed by atoms with E-state index in [1.54, 1.807) is 6.92 Å². The van der Waals surface area contributed by atoms with Gasteiger partial charge in [0.1, 0.15) is 5.78 Å². The summed E-state index contributed by atoms with van der Waals surface area (Å²) in [6.45, 7) is 3.24. The first-order chi connectivity index (χ1) is 10.3. The normalized spacial score (nSPS) is 15.7. The molecule has 3 heteroatoms. The van der Waals surface area contributed by atoms with Crippen LogP contribution in [0.5, 0.6) is 0 Å². The van der Waals surface area contributed by atoms with E-state index in [2.05, 4.69) is 0 Å². The molecule has 0 aromatic carbocycles. The molecule has 0 spiro atoms. The number of ether oxygens (including phenoxy) is 2. The van der Waals surface area contributed by atoms with Crippen molar-refractivity contribution < 1.29 is 14.3 Å². The van der Waals surface area contributed by atoms with E-state index >= 15 is 0 Å². The first-order valence-corrected chi connectivity index (χ1v) is 9.01. The summed E-state index contributed by atoms with van der Waals surface area (Å²) >= 11 is 0. The van der Waals surface area contributed by atoms with Gasteiger partial charge in [-0.1, -0.05) is 57.8 Å². The third-order valence-corrected chi connectivity index (χ3v) is 4.16. The molecule has 0 aromatic rings. The van der Waals surface area contributed by atoms with Gasteiger partial charge in [-0.15, -0.1) is 0 Å². The SMILES string of the molecule is CC(=O)CCCCCCCCCCCCCC1OCCO1. The Morgan fingerprint density at radius 3 is 1.67 bits per heavy atom. The zero-order valence-corrected chi connectivity index (χ0v) is 13.9. The lowest BCUT2D eigenvalue weighted by molar-refractivity contribution is -0.117. The molecule has 0 aliphatic carbocycles. The van der Waals surface area contributed by atoms with Crippen molar-refractivity contribution >= 4 is 5.78 Å². The molecule has 124 valence electrons. The van der Waals surface area contributed by atoms with Crippen LogP contribution in [0.1, 0.15) is 90.4 Å². The largest absolute Gasteiger partial charge is 0.350 e. The summed E-state index contributed by atoms with van der Waals surface area (Å²) in [5, 5.41) is 0. The molecule has 0 aromatic heterocycles. The topological polar surface area (TPSA) is 35.5 Å². The quantitative estimate of drug-likeness (QED) is 0.422. The molecule has 1 aliphatic rings. The van der Waals surface area contributed by atoms with Gasteiger partial charge in [-0.2, -0.15) is 0 Å². The maximum Gasteiger partial charge on any atom is 0.157 e. The Kier molecular flexibility index (Phi) is 11.8. The number of Topliss-reactive ketones (excluding diaryl/α,β-unsaturated/α-hetero) is 1. The van der Waals surface area contributed by atoms with Crippen LogP contribution in [0.4, 0.5) is 0 Å². The number of ketones is 1. The van der Waals surface area contributed by atoms with Gasteiger partial charge in [0.25, 0.3) is 0 Å². The van der Waals surface area contributed by atoms with Crippen LogP contribution in [-0.2, 0) is 14.3 Å². The Balaban J connectivity index is 1.68. The molecule has 0 radical (unpaired) electrons. The van der Waals surface area contributed by atoms with Crippen molar-refractivity contribution in [2.24, 2.45) is 0 Å². The minimum absolute atomic E-state index is 0.0907. The molecule has 0 saturated carbocycles. The molecule has 0 bridgehead atoms. The Hall–Kier alpha value is -0.410. The van der Waals surface area contributed by atoms with Crippen LogP contribution in [0, 0.1) is 0 Å². The Morgan fingerprint density at radius 2 is 1.19 bits per heavy atom. The summed E-state index contributed by atoms with van der Waals surface area (Å²) in [4.78, 5) is 10.8. The Bertz CT molecular complexity index is 247. The fraction of sp³-hybridized carbons (Fsp3) is 0.944. The summed E-state index contributed by atoms with van der Waals surface area (Å²) in [5.41, 5.74) is 0. The van der Waals surface area contributed by atoms with Gasteiger partial charge >= 0.3 is 0 Å². The standard InChI is InChI=1S/C18H34O3/c1-17(19)13-11-9-7-5-3-2-4-6-8-10-12-14-18-20-15-16-21-18/h18H,2-16H2,1H3. The van der Waals surface area contributed by atoms with Crippen LogP contribution >= 0.6 is 0 Å². The smallest absolute Gasteiger partial charge is 0.157 e. The summed E-state index contributed by atoms with van der Waals surface area (Å²) in [6.07, 6.45) is 16.3. The molecule has 1 aliphatic heterocycles. The lowest BCUT2D eigenvalue weighted by Crippen LogP contribution is -2.06. The number of unbranched alkanes of at least 4 members (excludes halogenated alkanes) is 10. The second-order valence-electron chi connectivity index (χ2n) is 6.30. The van der Waals surface area contributed by atoms with Crippen molar-refractivity contribution in [1.29, 1.82) is 0 Å². The summed E-state index contributed by atoms with van der Waals surface area (Å²) in [5.74, 6) is 0.334. The summed E-state index contributed by atoms with van der Waals surface area (Å²) in [6, 6.07) is 0. The Morgan fingerprint density at radius 1 is 0.762 bits per heavy atom. The molecule has 1 heterocycles. The van der Waals surface area contributed by atoms with Gasteiger partial charge < -0.3 is 14.3 Å². The highest BCUT2D eigenvalue weighted by molar-refractivity contribution is 5.75. The molecule has 21 heavy (non-hydrogen) atoms. The van der Waals surface area contributed by atoms with Crippen molar-refractivity contribution in [3.05, 3.63) is 0 Å². The molecule has 1 fully saturated rings. The molecule has 0 N–H and O–H groups in total. The van der Waals surface area contributed by atoms with E-state index in [1.165, 1.54) is 64.2 Å². The molecule has 0 unspecified atom stereocenters. The highest BCUT2D eigenvalue weighted by Crippen LogP contribution is 2.15. The highest BCUT2D eigenvalue weighted by atomic mass is 16.7. The fourth-order valence-electron chi connectivity index (χ4n) is 2.85. The first kappa shape index (κ1) is 18.6. The predicted octanol–water partition coefficient (Wildman–Crippen LogP) is 5.02. The molecular formula is C18H34O3. The number of carbonyl (C=O) groups is 1. The van der Waals surface area contributed by atoms with E-state index in [4.69, 9.17) is 9.47 Å². The molecule has 0 atom stereocenters. The highest BCUT2D eigenvalue weighted by Gasteiger charge is 2.14. The van der Waals surface area contributed by atoms with Crippen LogP contribution in [0.25, 0.3) is 0 Å². The van der Waals surface area contributed by atoms with Crippen molar-refractivity contribution in [1.82, 2.24) is 0 Å². The van der Waals surface area contributed by atoms with Crippen LogP contribution in [0.15, 0.2) is 0 Å². The molecule has 0 amide bonds. The van der Waals surface area contributed by atoms with E-state index in [1.807, 2.05) is 0 Å². The monoisotopic (exact) mass is 298 g/mol. The third-order valence-electron chi connectivity index (χ3n) is 4.16. The van der Waals surface area contributed by atoms with Crippen molar-refractivity contribution in [3.8, 4) is 0 Å². The predicted molar refractivity (Wildman–Crippen MR) is 86.4 cm³/mol. The summed E-state index contributed by atoms with van der Waals surface area (Å²) < 4.78 is 10.9. The van der Waals surface area contributed by atoms with Gasteiger partial charge in [-0.25, -0.2) is 0 Å². The average Bonchev–Trinajstić information content (AvgIpc) is 2.97. The van der Waals surface area contributed by atoms with E-state index in [9.17, 15) is 4.79 Å². The van der Waals surface area contributed by atoms with Crippen LogP contribution in [-0.4, -0.2) is 25.3 Å². The fourth-order valence-corrected chi connectivity index (χ4v) is 2.85. The minimum Gasteiger partial charge on any atom is -0.350 e. The van der Waals surface area contributed by atoms with Crippen LogP contribution in [0.2, 0.25) is 0 Å². The van der Waals surface area contributed by atoms with Crippen molar-refractivity contribution in [2.75, 3.05) is 13.2 Å². The molecule has 1 rings (SSSR count). The second-order valence-corrected chi connectivity index (χ2v) is 6.30. The molecule has 1 saturated heterocycles. The zero-order chi connectivity index (χ0) is 15.2. The zero-order valence-electron chi connectivity index (χ0n) is 13.9. The molecular weight excluding hydrogens is 264 g/mol. The number of hydrogen-bond acceptors (Lipinski definition) is 3. The van der Waals surface area contributed by atoms with Gasteiger partial charge in [-0.3, -0.25) is 0 Å². The van der Waals surface area contributed by atoms with Gasteiger partial charge in [0.2, 0.25) is 0 Å². The number of rotatable bonds is 14. The number of carbonyl (C=O) groups excluding carboxylic acids is 1. The van der Waals surface area contributed by atoms with Crippen LogP contribution < -0.4 is 0 Å². The van der Waals surface area contributed by atoms with Crippen molar-refractivity contribution in [2.45, 2.75) is 96.7 Å². The van der Waals surface area contributed by atoms with E-state index < -0.39 is 0 Å². The van der Waals surface area contributed by atoms with Crippen molar-refractivity contribution in [3.63, 3.8) is 0 Å². The lowest BCUT2D eigenvalue weighted by Gasteiger charge is -2.08. The van der Waals surface area contributed by atoms with Gasteiger partial charge in [0.15, 0.2) is 6.29 Å². The molecule has 3 nitrogen and oxygen atoms in total. The third kappa shape index (κ3) is 11.9. The summed E-state index contributed by atoms with van der Waals surface area (Å²) in [7, 11) is 0. The second kappa shape index (κ2) is 13.3. The maximum atomic E-state index is 10.8. The maximum absolute atomic E-state index is 10.8. The van der Waals surface area contributed by atoms with Gasteiger partial charge in [-0.05, 0) is 26.2 Å². The van der Waals surface area contributed by atoms with E-state index in [0.29, 0.717) is 5.78 Å². The van der Waals surface area contributed by atoms with E-state index in [0.717, 1.165) is 32.5 Å². The number of hydrogen-bond donors (Lipinski definition) is 0. The Labute approximate surface area is 130 Å². The van der Waals surface area contributed by atoms with Crippen LogP contribution in [0.3, 0.4) is 0 Å². The first-order valence-electron chi connectivity index (χ1n) is 9.01. The van der Waals surface area contributed by atoms with E-state index in [-0.39, 0.29) is 6.29 Å². The minimum atomic E-state index is 0.0907. The van der Waals surface area contributed by atoms with Gasteiger partial charge in [0.05, 0.1) is 13.2 Å². The lowest BCUT2D eigenvalue weighted by atomic mass is 10.0. The average molecular weight is 298 g/mol. The van der Waals surface area contributed by atoms with Gasteiger partial charge in [0, 0.05) is 6.42 Å².